The number of carbonyl (C=O) groups is 2. The van der Waals surface area contributed by atoms with Gasteiger partial charge in [-0.15, -0.1) is 0 Å². The van der Waals surface area contributed by atoms with Gasteiger partial charge in [-0.3, -0.25) is 9.59 Å². The number of amides is 1. The number of nitrogens with two attached hydrogens (primary N) is 1. The van der Waals surface area contributed by atoms with Gasteiger partial charge in [0.25, 0.3) is 0 Å². The maximum absolute atomic E-state index is 11.9. The summed E-state index contributed by atoms with van der Waals surface area (Å²) in [4.78, 5) is 23.1. The van der Waals surface area contributed by atoms with E-state index in [9.17, 15) is 9.59 Å². The Morgan fingerprint density at radius 3 is 2.21 bits per heavy atom. The molecule has 0 aliphatic heterocycles. The first-order chi connectivity index (χ1) is 9.18. The number of rotatable bonds is 4. The number of ketones is 1. The van der Waals surface area contributed by atoms with Crippen molar-refractivity contribution >= 4 is 17.8 Å². The van der Waals surface area contributed by atoms with E-state index in [2.05, 4.69) is 0 Å². The summed E-state index contributed by atoms with van der Waals surface area (Å²) in [6.45, 7) is 0. The zero-order valence-corrected chi connectivity index (χ0v) is 10.2. The average Bonchev–Trinajstić information content (AvgIpc) is 2.46. The molecule has 0 saturated carbocycles. The van der Waals surface area contributed by atoms with Gasteiger partial charge < -0.3 is 5.73 Å². The highest BCUT2D eigenvalue weighted by Crippen LogP contribution is 2.11. The van der Waals surface area contributed by atoms with Crippen molar-refractivity contribution in [3.8, 4) is 0 Å². The summed E-state index contributed by atoms with van der Waals surface area (Å²) in [6.07, 6.45) is 3.05. The van der Waals surface area contributed by atoms with Crippen LogP contribution in [-0.4, -0.2) is 11.7 Å². The monoisotopic (exact) mass is 251 g/mol. The molecule has 2 rings (SSSR count). The molecule has 0 unspecified atom stereocenters. The molecule has 0 aliphatic rings. The van der Waals surface area contributed by atoms with Gasteiger partial charge in [-0.05, 0) is 17.7 Å². The van der Waals surface area contributed by atoms with Crippen LogP contribution in [0.15, 0.2) is 60.7 Å². The molecule has 0 heterocycles. The lowest BCUT2D eigenvalue weighted by atomic mass is 10.0. The van der Waals surface area contributed by atoms with Gasteiger partial charge in [0, 0.05) is 11.1 Å². The van der Waals surface area contributed by atoms with E-state index in [1.165, 1.54) is 6.08 Å². The molecule has 2 aromatic carbocycles. The van der Waals surface area contributed by atoms with Crippen molar-refractivity contribution in [2.75, 3.05) is 0 Å². The van der Waals surface area contributed by atoms with Gasteiger partial charge in [0.15, 0.2) is 5.78 Å². The molecular weight excluding hydrogens is 238 g/mol. The first-order valence-corrected chi connectivity index (χ1v) is 5.85. The Kier molecular flexibility index (Phi) is 3.88. The van der Waals surface area contributed by atoms with Crippen LogP contribution < -0.4 is 5.73 Å². The normalized spacial score (nSPS) is 10.5. The van der Waals surface area contributed by atoms with E-state index in [1.54, 1.807) is 54.6 Å². The van der Waals surface area contributed by atoms with Crippen LogP contribution in [0, 0.1) is 0 Å². The minimum Gasteiger partial charge on any atom is -0.366 e. The summed E-state index contributed by atoms with van der Waals surface area (Å²) in [5, 5.41) is 0. The van der Waals surface area contributed by atoms with E-state index >= 15 is 0 Å². The third-order valence-electron chi connectivity index (χ3n) is 2.70. The summed E-state index contributed by atoms with van der Waals surface area (Å²) in [5.74, 6) is -0.618. The lowest BCUT2D eigenvalue weighted by Gasteiger charge is -2.00. The van der Waals surface area contributed by atoms with Gasteiger partial charge in [-0.25, -0.2) is 0 Å². The van der Waals surface area contributed by atoms with Crippen LogP contribution in [0.1, 0.15) is 26.3 Å². The first-order valence-electron chi connectivity index (χ1n) is 5.85. The Labute approximate surface area is 111 Å². The highest BCUT2D eigenvalue weighted by molar-refractivity contribution is 6.07. The molecule has 0 bridgehead atoms. The summed E-state index contributed by atoms with van der Waals surface area (Å²) >= 11 is 0. The van der Waals surface area contributed by atoms with Gasteiger partial charge in [0.1, 0.15) is 0 Å². The van der Waals surface area contributed by atoms with Gasteiger partial charge in [-0.2, -0.15) is 0 Å². The van der Waals surface area contributed by atoms with Crippen molar-refractivity contribution in [3.63, 3.8) is 0 Å². The smallest absolute Gasteiger partial charge is 0.249 e. The SMILES string of the molecule is NC(=O)c1ccccc1/C=C/C(=O)c1ccccc1. The highest BCUT2D eigenvalue weighted by Gasteiger charge is 2.05. The Bertz CT molecular complexity index is 630. The van der Waals surface area contributed by atoms with Crippen LogP contribution in [0.25, 0.3) is 6.08 Å². The Balaban J connectivity index is 2.24. The molecule has 0 spiro atoms. The van der Waals surface area contributed by atoms with Crippen LogP contribution in [0.5, 0.6) is 0 Å². The number of hydrogen-bond donors (Lipinski definition) is 1. The van der Waals surface area contributed by atoms with E-state index in [0.717, 1.165) is 0 Å². The van der Waals surface area contributed by atoms with E-state index in [0.29, 0.717) is 16.7 Å². The molecule has 0 radical (unpaired) electrons. The van der Waals surface area contributed by atoms with Crippen LogP contribution in [0.4, 0.5) is 0 Å². The molecule has 2 aromatic rings. The quantitative estimate of drug-likeness (QED) is 0.670. The predicted octanol–water partition coefficient (Wildman–Crippen LogP) is 2.68. The Hall–Kier alpha value is -2.68. The van der Waals surface area contributed by atoms with Crippen LogP contribution in [0.2, 0.25) is 0 Å². The van der Waals surface area contributed by atoms with E-state index in [4.69, 9.17) is 5.73 Å². The molecule has 2 N–H and O–H groups in total. The van der Waals surface area contributed by atoms with Gasteiger partial charge in [0.2, 0.25) is 5.91 Å². The second kappa shape index (κ2) is 5.78. The first kappa shape index (κ1) is 12.8. The van der Waals surface area contributed by atoms with Crippen molar-refractivity contribution in [2.45, 2.75) is 0 Å². The van der Waals surface area contributed by atoms with Crippen LogP contribution in [0.3, 0.4) is 0 Å². The lowest BCUT2D eigenvalue weighted by Crippen LogP contribution is -2.12. The topological polar surface area (TPSA) is 60.2 Å². The summed E-state index contributed by atoms with van der Waals surface area (Å²) in [7, 11) is 0. The molecule has 94 valence electrons. The number of allylic oxidation sites excluding steroid dienone is 1. The second-order valence-electron chi connectivity index (χ2n) is 4.02. The zero-order chi connectivity index (χ0) is 13.7. The van der Waals surface area contributed by atoms with Crippen LogP contribution >= 0.6 is 0 Å². The standard InChI is InChI=1S/C16H13NO2/c17-16(19)14-9-5-4-6-12(14)10-11-15(18)13-7-2-1-3-8-13/h1-11H,(H2,17,19)/b11-10+. The summed E-state index contributed by atoms with van der Waals surface area (Å²) in [6, 6.07) is 15.8. The zero-order valence-electron chi connectivity index (χ0n) is 10.2. The fourth-order valence-electron chi connectivity index (χ4n) is 1.73. The number of carbonyl (C=O) groups excluding carboxylic acids is 2. The number of benzene rings is 2. The van der Waals surface area contributed by atoms with Crippen molar-refractivity contribution in [3.05, 3.63) is 77.4 Å². The van der Waals surface area contributed by atoms with E-state index < -0.39 is 5.91 Å². The lowest BCUT2D eigenvalue weighted by molar-refractivity contribution is 0.0998. The highest BCUT2D eigenvalue weighted by atomic mass is 16.1. The second-order valence-corrected chi connectivity index (χ2v) is 4.02. The molecular formula is C16H13NO2. The minimum atomic E-state index is -0.507. The Morgan fingerprint density at radius 2 is 1.53 bits per heavy atom. The molecule has 0 fully saturated rings. The fraction of sp³-hybridized carbons (Fsp3) is 0. The molecule has 0 aliphatic carbocycles. The van der Waals surface area contributed by atoms with E-state index in [1.807, 2.05) is 6.07 Å². The maximum Gasteiger partial charge on any atom is 0.249 e. The van der Waals surface area contributed by atoms with E-state index in [-0.39, 0.29) is 5.78 Å². The third-order valence-corrected chi connectivity index (χ3v) is 2.70. The summed E-state index contributed by atoms with van der Waals surface area (Å²) < 4.78 is 0. The predicted molar refractivity (Wildman–Crippen MR) is 74.8 cm³/mol. The molecule has 0 atom stereocenters. The van der Waals surface area contributed by atoms with Gasteiger partial charge >= 0.3 is 0 Å². The molecule has 0 saturated heterocycles. The van der Waals surface area contributed by atoms with Crippen molar-refractivity contribution in [2.24, 2.45) is 5.73 Å². The number of hydrogen-bond acceptors (Lipinski definition) is 2. The molecule has 3 heteroatoms. The molecule has 1 amide bonds. The molecule has 3 nitrogen and oxygen atoms in total. The van der Waals surface area contributed by atoms with Crippen molar-refractivity contribution in [1.29, 1.82) is 0 Å². The minimum absolute atomic E-state index is 0.111. The Morgan fingerprint density at radius 1 is 0.895 bits per heavy atom. The molecule has 19 heavy (non-hydrogen) atoms. The largest absolute Gasteiger partial charge is 0.366 e. The maximum atomic E-state index is 11.9. The summed E-state index contributed by atoms with van der Waals surface area (Å²) in [5.41, 5.74) is 6.92. The van der Waals surface area contributed by atoms with Crippen LogP contribution in [-0.2, 0) is 0 Å². The average molecular weight is 251 g/mol. The molecule has 0 aromatic heterocycles. The van der Waals surface area contributed by atoms with Gasteiger partial charge in [0.05, 0.1) is 0 Å². The van der Waals surface area contributed by atoms with Crippen molar-refractivity contribution < 1.29 is 9.59 Å². The van der Waals surface area contributed by atoms with Crippen molar-refractivity contribution in [1.82, 2.24) is 0 Å². The number of primary amides is 1. The fourth-order valence-corrected chi connectivity index (χ4v) is 1.73. The van der Waals surface area contributed by atoms with Gasteiger partial charge in [-0.1, -0.05) is 54.6 Å². The third kappa shape index (κ3) is 3.16.